The van der Waals surface area contributed by atoms with Crippen LogP contribution < -0.4 is 10.2 Å². The molecule has 1 atom stereocenters. The summed E-state index contributed by atoms with van der Waals surface area (Å²) in [5, 5.41) is 2.87. The summed E-state index contributed by atoms with van der Waals surface area (Å²) in [6, 6.07) is 11.9. The maximum absolute atomic E-state index is 13.9. The van der Waals surface area contributed by atoms with Crippen molar-refractivity contribution in [2.75, 3.05) is 16.8 Å². The minimum absolute atomic E-state index is 0.0884. The molecule has 1 saturated heterocycles. The van der Waals surface area contributed by atoms with Gasteiger partial charge in [0.2, 0.25) is 11.8 Å². The molecule has 0 saturated carbocycles. The number of benzene rings is 2. The van der Waals surface area contributed by atoms with Gasteiger partial charge in [0.05, 0.1) is 11.6 Å². The highest BCUT2D eigenvalue weighted by molar-refractivity contribution is 6.03. The fraction of sp³-hybridized carbons (Fsp3) is 0.263. The zero-order valence-corrected chi connectivity index (χ0v) is 13.7. The summed E-state index contributed by atoms with van der Waals surface area (Å²) in [7, 11) is 0. The Morgan fingerprint density at radius 3 is 2.67 bits per heavy atom. The van der Waals surface area contributed by atoms with E-state index < -0.39 is 11.7 Å². The summed E-state index contributed by atoms with van der Waals surface area (Å²) in [4.78, 5) is 26.0. The Hall–Kier alpha value is -2.69. The molecule has 4 nitrogen and oxygen atoms in total. The third kappa shape index (κ3) is 3.15. The highest BCUT2D eigenvalue weighted by atomic mass is 19.1. The van der Waals surface area contributed by atoms with E-state index in [0.29, 0.717) is 0 Å². The summed E-state index contributed by atoms with van der Waals surface area (Å²) in [6.45, 7) is 4.10. The molecule has 2 amide bonds. The summed E-state index contributed by atoms with van der Waals surface area (Å²) in [6.07, 6.45) is 0.0884. The van der Waals surface area contributed by atoms with Crippen molar-refractivity contribution in [3.63, 3.8) is 0 Å². The van der Waals surface area contributed by atoms with Crippen molar-refractivity contribution in [1.82, 2.24) is 0 Å². The second-order valence-corrected chi connectivity index (χ2v) is 6.16. The van der Waals surface area contributed by atoms with Crippen LogP contribution in [-0.2, 0) is 9.59 Å². The van der Waals surface area contributed by atoms with Crippen molar-refractivity contribution in [2.24, 2.45) is 5.92 Å². The lowest BCUT2D eigenvalue weighted by atomic mass is 10.1. The molecule has 3 rings (SSSR count). The Kier molecular flexibility index (Phi) is 4.34. The number of aryl methyl sites for hydroxylation is 2. The molecule has 1 heterocycles. The van der Waals surface area contributed by atoms with Crippen molar-refractivity contribution >= 4 is 23.2 Å². The second-order valence-electron chi connectivity index (χ2n) is 6.16. The minimum atomic E-state index is -0.488. The molecule has 0 unspecified atom stereocenters. The van der Waals surface area contributed by atoms with Gasteiger partial charge in [-0.05, 0) is 37.6 Å². The standard InChI is InChI=1S/C19H19FN2O2/c1-12-7-8-16(13(2)9-12)21-19(24)14-10-18(23)22(11-14)17-6-4-3-5-15(17)20/h3-9,14H,10-11H2,1-2H3,(H,21,24)/t14-/m0/s1. The normalized spacial score (nSPS) is 17.2. The highest BCUT2D eigenvalue weighted by Gasteiger charge is 2.36. The van der Waals surface area contributed by atoms with Crippen LogP contribution in [0.1, 0.15) is 17.5 Å². The van der Waals surface area contributed by atoms with E-state index in [1.807, 2.05) is 32.0 Å². The zero-order chi connectivity index (χ0) is 17.3. The van der Waals surface area contributed by atoms with E-state index in [-0.39, 0.29) is 30.5 Å². The van der Waals surface area contributed by atoms with Gasteiger partial charge in [0.15, 0.2) is 0 Å². The number of nitrogens with zero attached hydrogens (tertiary/aromatic N) is 1. The van der Waals surface area contributed by atoms with Crippen LogP contribution in [-0.4, -0.2) is 18.4 Å². The maximum Gasteiger partial charge on any atom is 0.229 e. The molecule has 0 bridgehead atoms. The Labute approximate surface area is 140 Å². The van der Waals surface area contributed by atoms with Gasteiger partial charge in [0.25, 0.3) is 0 Å². The average Bonchev–Trinajstić information content (AvgIpc) is 2.92. The number of amides is 2. The predicted molar refractivity (Wildman–Crippen MR) is 91.4 cm³/mol. The number of carbonyl (C=O) groups excluding carboxylic acids is 2. The molecule has 2 aromatic carbocycles. The Morgan fingerprint density at radius 1 is 1.21 bits per heavy atom. The van der Waals surface area contributed by atoms with Gasteiger partial charge in [-0.25, -0.2) is 4.39 Å². The molecule has 24 heavy (non-hydrogen) atoms. The van der Waals surface area contributed by atoms with Crippen molar-refractivity contribution < 1.29 is 14.0 Å². The lowest BCUT2D eigenvalue weighted by Crippen LogP contribution is -2.28. The molecule has 5 heteroatoms. The highest BCUT2D eigenvalue weighted by Crippen LogP contribution is 2.28. The van der Waals surface area contributed by atoms with Crippen molar-refractivity contribution in [3.05, 3.63) is 59.4 Å². The van der Waals surface area contributed by atoms with Gasteiger partial charge in [0, 0.05) is 18.7 Å². The number of nitrogens with one attached hydrogen (secondary N) is 1. The minimum Gasteiger partial charge on any atom is -0.326 e. The fourth-order valence-corrected chi connectivity index (χ4v) is 2.98. The van der Waals surface area contributed by atoms with E-state index in [1.54, 1.807) is 18.2 Å². The number of hydrogen-bond acceptors (Lipinski definition) is 2. The molecule has 1 N–H and O–H groups in total. The van der Waals surface area contributed by atoms with Crippen molar-refractivity contribution in [2.45, 2.75) is 20.3 Å². The first-order valence-corrected chi connectivity index (χ1v) is 7.88. The molecule has 0 spiro atoms. The molecule has 0 radical (unpaired) electrons. The summed E-state index contributed by atoms with van der Waals surface area (Å²) < 4.78 is 13.9. The molecule has 1 fully saturated rings. The number of hydrogen-bond donors (Lipinski definition) is 1. The number of carbonyl (C=O) groups is 2. The Morgan fingerprint density at radius 2 is 1.96 bits per heavy atom. The quantitative estimate of drug-likeness (QED) is 0.939. The maximum atomic E-state index is 13.9. The molecular formula is C19H19FN2O2. The third-order valence-corrected chi connectivity index (χ3v) is 4.28. The molecule has 0 aromatic heterocycles. The largest absolute Gasteiger partial charge is 0.326 e. The molecule has 124 valence electrons. The second kappa shape index (κ2) is 6.43. The van der Waals surface area contributed by atoms with Gasteiger partial charge in [0.1, 0.15) is 5.82 Å². The molecule has 0 aliphatic carbocycles. The molecule has 2 aromatic rings. The van der Waals surface area contributed by atoms with Gasteiger partial charge in [-0.3, -0.25) is 9.59 Å². The van der Waals surface area contributed by atoms with Gasteiger partial charge >= 0.3 is 0 Å². The first-order valence-electron chi connectivity index (χ1n) is 7.88. The van der Waals surface area contributed by atoms with Crippen LogP contribution in [0.25, 0.3) is 0 Å². The van der Waals surface area contributed by atoms with Crippen molar-refractivity contribution in [1.29, 1.82) is 0 Å². The Balaban J connectivity index is 1.73. The number of halogens is 1. The monoisotopic (exact) mass is 326 g/mol. The lowest BCUT2D eigenvalue weighted by Gasteiger charge is -2.17. The van der Waals surface area contributed by atoms with Crippen LogP contribution >= 0.6 is 0 Å². The van der Waals surface area contributed by atoms with Gasteiger partial charge in [-0.15, -0.1) is 0 Å². The van der Waals surface area contributed by atoms with Crippen LogP contribution in [0, 0.1) is 25.6 Å². The topological polar surface area (TPSA) is 49.4 Å². The zero-order valence-electron chi connectivity index (χ0n) is 13.7. The van der Waals surface area contributed by atoms with Crippen LogP contribution in [0.15, 0.2) is 42.5 Å². The fourth-order valence-electron chi connectivity index (χ4n) is 2.98. The molecule has 1 aliphatic rings. The molecular weight excluding hydrogens is 307 g/mol. The average molecular weight is 326 g/mol. The van der Waals surface area contributed by atoms with E-state index >= 15 is 0 Å². The van der Waals surface area contributed by atoms with Crippen LogP contribution in [0.2, 0.25) is 0 Å². The number of anilines is 2. The molecule has 1 aliphatic heterocycles. The number of para-hydroxylation sites is 1. The van der Waals surface area contributed by atoms with E-state index in [0.717, 1.165) is 16.8 Å². The van der Waals surface area contributed by atoms with E-state index in [2.05, 4.69) is 5.32 Å². The van der Waals surface area contributed by atoms with Gasteiger partial charge in [-0.2, -0.15) is 0 Å². The smallest absolute Gasteiger partial charge is 0.229 e. The summed E-state index contributed by atoms with van der Waals surface area (Å²) in [5.74, 6) is -1.39. The van der Waals surface area contributed by atoms with E-state index in [1.165, 1.54) is 11.0 Å². The first kappa shape index (κ1) is 16.2. The van der Waals surface area contributed by atoms with E-state index in [9.17, 15) is 14.0 Å². The Bertz CT molecular complexity index is 804. The SMILES string of the molecule is Cc1ccc(NC(=O)[C@H]2CC(=O)N(c3ccccc3F)C2)c(C)c1. The van der Waals surface area contributed by atoms with Crippen molar-refractivity contribution in [3.8, 4) is 0 Å². The number of rotatable bonds is 3. The third-order valence-electron chi connectivity index (χ3n) is 4.28. The van der Waals surface area contributed by atoms with Crippen LogP contribution in [0.5, 0.6) is 0 Å². The predicted octanol–water partition coefficient (Wildman–Crippen LogP) is 3.43. The van der Waals surface area contributed by atoms with E-state index in [4.69, 9.17) is 0 Å². The lowest BCUT2D eigenvalue weighted by molar-refractivity contribution is -0.122. The van der Waals surface area contributed by atoms with Gasteiger partial charge < -0.3 is 10.2 Å². The van der Waals surface area contributed by atoms with Gasteiger partial charge in [-0.1, -0.05) is 29.8 Å². The first-order chi connectivity index (χ1) is 11.5. The summed E-state index contributed by atoms with van der Waals surface area (Å²) >= 11 is 0. The van der Waals surface area contributed by atoms with Crippen LogP contribution in [0.3, 0.4) is 0 Å². The van der Waals surface area contributed by atoms with Crippen LogP contribution in [0.4, 0.5) is 15.8 Å². The summed E-state index contributed by atoms with van der Waals surface area (Å²) in [5.41, 5.74) is 3.05.